The van der Waals surface area contributed by atoms with Gasteiger partial charge in [-0.05, 0) is 26.6 Å². The minimum Gasteiger partial charge on any atom is -0.338 e. The summed E-state index contributed by atoms with van der Waals surface area (Å²) in [6, 6.07) is 10.7. The Bertz CT molecular complexity index is 512. The Morgan fingerprint density at radius 3 is 2.70 bits per heavy atom. The highest BCUT2D eigenvalue weighted by Crippen LogP contribution is 2.07. The molecule has 0 radical (unpaired) electrons. The van der Waals surface area contributed by atoms with Gasteiger partial charge in [-0.25, -0.2) is 0 Å². The van der Waals surface area contributed by atoms with Crippen molar-refractivity contribution >= 4 is 0 Å². The monoisotopic (exact) mass is 274 g/mol. The molecule has 2 aromatic rings. The Balaban J connectivity index is 1.87. The fourth-order valence-corrected chi connectivity index (χ4v) is 2.00. The Kier molecular flexibility index (Phi) is 5.26. The van der Waals surface area contributed by atoms with Gasteiger partial charge in [0.25, 0.3) is 0 Å². The second kappa shape index (κ2) is 7.17. The lowest BCUT2D eigenvalue weighted by atomic mass is 10.2. The normalized spacial score (nSPS) is 12.8. The number of nitrogens with zero attached hydrogens (tertiary/aromatic N) is 3. The average molecular weight is 274 g/mol. The first-order valence-corrected chi connectivity index (χ1v) is 6.88. The predicted octanol–water partition coefficient (Wildman–Crippen LogP) is 1.85. The largest absolute Gasteiger partial charge is 0.338 e. The molecule has 0 amide bonds. The van der Waals surface area contributed by atoms with Crippen LogP contribution < -0.4 is 5.32 Å². The van der Waals surface area contributed by atoms with Crippen LogP contribution in [0.5, 0.6) is 0 Å². The summed E-state index contributed by atoms with van der Waals surface area (Å²) in [5, 5.41) is 7.18. The van der Waals surface area contributed by atoms with Crippen LogP contribution >= 0.6 is 0 Å². The molecule has 0 bridgehead atoms. The van der Waals surface area contributed by atoms with Crippen LogP contribution in [0.25, 0.3) is 0 Å². The van der Waals surface area contributed by atoms with Gasteiger partial charge in [0.05, 0.1) is 6.54 Å². The maximum Gasteiger partial charge on any atom is 0.240 e. The number of benzene rings is 1. The average Bonchev–Trinajstić information content (AvgIpc) is 2.86. The smallest absolute Gasteiger partial charge is 0.240 e. The number of hydrogen-bond acceptors (Lipinski definition) is 5. The minimum atomic E-state index is 0.350. The van der Waals surface area contributed by atoms with Gasteiger partial charge >= 0.3 is 0 Å². The Labute approximate surface area is 120 Å². The summed E-state index contributed by atoms with van der Waals surface area (Å²) in [4.78, 5) is 6.58. The zero-order valence-electron chi connectivity index (χ0n) is 12.3. The van der Waals surface area contributed by atoms with Crippen LogP contribution in [0.2, 0.25) is 0 Å². The third kappa shape index (κ3) is 4.43. The SMILES string of the molecule is CNC(C)Cc1noc(CN(C)Cc2ccccc2)n1. The van der Waals surface area contributed by atoms with Gasteiger partial charge in [-0.1, -0.05) is 35.5 Å². The Morgan fingerprint density at radius 1 is 1.25 bits per heavy atom. The number of aromatic nitrogens is 2. The molecule has 2 rings (SSSR count). The van der Waals surface area contributed by atoms with E-state index >= 15 is 0 Å². The van der Waals surface area contributed by atoms with Crippen molar-refractivity contribution in [2.45, 2.75) is 32.5 Å². The number of hydrogen-bond donors (Lipinski definition) is 1. The lowest BCUT2D eigenvalue weighted by Crippen LogP contribution is -2.24. The van der Waals surface area contributed by atoms with Crippen LogP contribution in [0, 0.1) is 0 Å². The molecule has 0 saturated heterocycles. The molecular weight excluding hydrogens is 252 g/mol. The molecular formula is C15H22N4O. The first kappa shape index (κ1) is 14.7. The Hall–Kier alpha value is -1.72. The number of rotatable bonds is 7. The maximum absolute atomic E-state index is 5.29. The highest BCUT2D eigenvalue weighted by atomic mass is 16.5. The van der Waals surface area contributed by atoms with Gasteiger partial charge in [0.1, 0.15) is 0 Å². The van der Waals surface area contributed by atoms with E-state index in [0.717, 1.165) is 18.8 Å². The van der Waals surface area contributed by atoms with E-state index in [4.69, 9.17) is 4.52 Å². The van der Waals surface area contributed by atoms with Gasteiger partial charge in [-0.2, -0.15) is 4.98 Å². The van der Waals surface area contributed by atoms with Gasteiger partial charge in [-0.3, -0.25) is 4.90 Å². The van der Waals surface area contributed by atoms with Crippen molar-refractivity contribution in [3.8, 4) is 0 Å². The van der Waals surface area contributed by atoms with E-state index in [1.54, 1.807) is 0 Å². The van der Waals surface area contributed by atoms with Crippen molar-refractivity contribution < 1.29 is 4.52 Å². The molecule has 0 saturated carbocycles. The van der Waals surface area contributed by atoms with Gasteiger partial charge in [-0.15, -0.1) is 0 Å². The molecule has 0 aliphatic carbocycles. The van der Waals surface area contributed by atoms with Crippen LogP contribution in [0.4, 0.5) is 0 Å². The second-order valence-corrected chi connectivity index (χ2v) is 5.16. The van der Waals surface area contributed by atoms with Gasteiger partial charge in [0.2, 0.25) is 5.89 Å². The first-order valence-electron chi connectivity index (χ1n) is 6.88. The molecule has 0 aliphatic rings. The van der Waals surface area contributed by atoms with Gasteiger partial charge < -0.3 is 9.84 Å². The zero-order valence-corrected chi connectivity index (χ0v) is 12.3. The fourth-order valence-electron chi connectivity index (χ4n) is 2.00. The van der Waals surface area contributed by atoms with Crippen molar-refractivity contribution in [2.75, 3.05) is 14.1 Å². The maximum atomic E-state index is 5.29. The van der Waals surface area contributed by atoms with E-state index in [2.05, 4.69) is 39.4 Å². The van der Waals surface area contributed by atoms with Crippen molar-refractivity contribution in [1.29, 1.82) is 0 Å². The van der Waals surface area contributed by atoms with Crippen LogP contribution in [-0.2, 0) is 19.5 Å². The molecule has 0 aliphatic heterocycles. The van der Waals surface area contributed by atoms with Gasteiger partial charge in [0.15, 0.2) is 5.82 Å². The number of nitrogens with one attached hydrogen (secondary N) is 1. The molecule has 1 aromatic carbocycles. The van der Waals surface area contributed by atoms with Crippen molar-refractivity contribution in [3.05, 3.63) is 47.6 Å². The molecule has 0 fully saturated rings. The van der Waals surface area contributed by atoms with E-state index in [-0.39, 0.29) is 0 Å². The second-order valence-electron chi connectivity index (χ2n) is 5.16. The summed E-state index contributed by atoms with van der Waals surface area (Å²) in [5.74, 6) is 1.43. The zero-order chi connectivity index (χ0) is 14.4. The van der Waals surface area contributed by atoms with Gasteiger partial charge in [0, 0.05) is 19.0 Å². The van der Waals surface area contributed by atoms with Crippen LogP contribution in [0.3, 0.4) is 0 Å². The molecule has 1 unspecified atom stereocenters. The predicted molar refractivity (Wildman–Crippen MR) is 78.1 cm³/mol. The van der Waals surface area contributed by atoms with Crippen molar-refractivity contribution in [3.63, 3.8) is 0 Å². The first-order chi connectivity index (χ1) is 9.67. The summed E-state index contributed by atoms with van der Waals surface area (Å²) in [6.45, 7) is 3.62. The minimum absolute atomic E-state index is 0.350. The van der Waals surface area contributed by atoms with Crippen LogP contribution in [0.1, 0.15) is 24.2 Å². The molecule has 1 atom stereocenters. The third-order valence-corrected chi connectivity index (χ3v) is 3.19. The van der Waals surface area contributed by atoms with Crippen LogP contribution in [0.15, 0.2) is 34.9 Å². The van der Waals surface area contributed by atoms with Crippen molar-refractivity contribution in [2.24, 2.45) is 0 Å². The summed E-state index contributed by atoms with van der Waals surface area (Å²) < 4.78 is 5.29. The lowest BCUT2D eigenvalue weighted by molar-refractivity contribution is 0.260. The summed E-state index contributed by atoms with van der Waals surface area (Å²) in [5.41, 5.74) is 1.28. The molecule has 0 spiro atoms. The van der Waals surface area contributed by atoms with E-state index in [9.17, 15) is 0 Å². The van der Waals surface area contributed by atoms with Crippen molar-refractivity contribution in [1.82, 2.24) is 20.4 Å². The van der Waals surface area contributed by atoms with E-state index < -0.39 is 0 Å². The highest BCUT2D eigenvalue weighted by molar-refractivity contribution is 5.14. The third-order valence-electron chi connectivity index (χ3n) is 3.19. The molecule has 5 heteroatoms. The summed E-state index contributed by atoms with van der Waals surface area (Å²) in [6.07, 6.45) is 0.780. The molecule has 20 heavy (non-hydrogen) atoms. The lowest BCUT2D eigenvalue weighted by Gasteiger charge is -2.13. The van der Waals surface area contributed by atoms with E-state index in [1.165, 1.54) is 5.56 Å². The summed E-state index contributed by atoms with van der Waals surface area (Å²) >= 11 is 0. The topological polar surface area (TPSA) is 54.2 Å². The summed E-state index contributed by atoms with van der Waals surface area (Å²) in [7, 11) is 3.98. The molecule has 5 nitrogen and oxygen atoms in total. The molecule has 1 aromatic heterocycles. The molecule has 108 valence electrons. The standard InChI is InChI=1S/C15H22N4O/c1-12(16-2)9-14-17-15(20-18-14)11-19(3)10-13-7-5-4-6-8-13/h4-8,12,16H,9-11H2,1-3H3. The highest BCUT2D eigenvalue weighted by Gasteiger charge is 2.11. The van der Waals surface area contributed by atoms with Crippen LogP contribution in [-0.4, -0.2) is 35.2 Å². The Morgan fingerprint density at radius 2 is 2.00 bits per heavy atom. The van der Waals surface area contributed by atoms with E-state index in [1.807, 2.05) is 32.3 Å². The van der Waals surface area contributed by atoms with E-state index in [0.29, 0.717) is 18.5 Å². The number of likely N-dealkylation sites (N-methyl/N-ethyl adjacent to an activating group) is 1. The molecule has 1 heterocycles. The fraction of sp³-hybridized carbons (Fsp3) is 0.467. The quantitative estimate of drug-likeness (QED) is 0.835. The molecule has 1 N–H and O–H groups in total.